The highest BCUT2D eigenvalue weighted by atomic mass is 32.2. The van der Waals surface area contributed by atoms with Crippen molar-refractivity contribution < 1.29 is 26.4 Å². The Labute approximate surface area is 190 Å². The van der Waals surface area contributed by atoms with Crippen molar-refractivity contribution >= 4 is 37.3 Å². The van der Waals surface area contributed by atoms with E-state index in [2.05, 4.69) is 5.32 Å². The number of carbonyl (C=O) groups is 1. The second kappa shape index (κ2) is 10.8. The van der Waals surface area contributed by atoms with Crippen LogP contribution in [-0.4, -0.2) is 59.5 Å². The lowest BCUT2D eigenvalue weighted by molar-refractivity contribution is -0.114. The van der Waals surface area contributed by atoms with Crippen molar-refractivity contribution in [2.24, 2.45) is 0 Å². The first kappa shape index (κ1) is 25.6. The molecular formula is C21H29N3O6S2. The molecule has 2 rings (SSSR count). The Bertz CT molecular complexity index is 1110. The van der Waals surface area contributed by atoms with E-state index in [-0.39, 0.29) is 4.90 Å². The molecule has 0 saturated carbocycles. The molecule has 0 unspecified atom stereocenters. The Kier molecular flexibility index (Phi) is 8.65. The summed E-state index contributed by atoms with van der Waals surface area (Å²) < 4.78 is 57.3. The van der Waals surface area contributed by atoms with Gasteiger partial charge < -0.3 is 10.1 Å². The van der Waals surface area contributed by atoms with Gasteiger partial charge in [0.15, 0.2) is 0 Å². The summed E-state index contributed by atoms with van der Waals surface area (Å²) in [5, 5.41) is 2.60. The number of rotatable bonds is 11. The minimum atomic E-state index is -3.73. The third-order valence-electron chi connectivity index (χ3n) is 4.60. The quantitative estimate of drug-likeness (QED) is 0.525. The molecule has 0 saturated heterocycles. The fraction of sp³-hybridized carbons (Fsp3) is 0.381. The van der Waals surface area contributed by atoms with Gasteiger partial charge in [-0.25, -0.2) is 16.8 Å². The Morgan fingerprint density at radius 1 is 0.906 bits per heavy atom. The van der Waals surface area contributed by atoms with Gasteiger partial charge in [0.1, 0.15) is 12.3 Å². The normalized spacial score (nSPS) is 11.9. The van der Waals surface area contributed by atoms with Crippen LogP contribution in [0.4, 0.5) is 11.4 Å². The fourth-order valence-corrected chi connectivity index (χ4v) is 5.34. The maximum atomic E-state index is 12.6. The molecule has 0 aromatic heterocycles. The van der Waals surface area contributed by atoms with E-state index in [1.807, 2.05) is 6.92 Å². The van der Waals surface area contributed by atoms with E-state index >= 15 is 0 Å². The fourth-order valence-electron chi connectivity index (χ4n) is 3.03. The molecule has 0 radical (unpaired) electrons. The number of hydrogen-bond acceptors (Lipinski definition) is 6. The van der Waals surface area contributed by atoms with Gasteiger partial charge >= 0.3 is 0 Å². The Balaban J connectivity index is 2.15. The van der Waals surface area contributed by atoms with E-state index in [9.17, 15) is 21.6 Å². The van der Waals surface area contributed by atoms with E-state index in [1.54, 1.807) is 38.1 Å². The topological polar surface area (TPSA) is 113 Å². The summed E-state index contributed by atoms with van der Waals surface area (Å²) in [6.45, 7) is 6.10. The average molecular weight is 484 g/mol. The van der Waals surface area contributed by atoms with Gasteiger partial charge in [-0.3, -0.25) is 9.10 Å². The number of benzene rings is 2. The number of amides is 1. The molecule has 9 nitrogen and oxygen atoms in total. The first-order valence-electron chi connectivity index (χ1n) is 10.1. The van der Waals surface area contributed by atoms with E-state index in [0.29, 0.717) is 36.8 Å². The zero-order valence-corrected chi connectivity index (χ0v) is 20.2. The van der Waals surface area contributed by atoms with Crippen LogP contribution < -0.4 is 14.4 Å². The minimum absolute atomic E-state index is 0.117. The summed E-state index contributed by atoms with van der Waals surface area (Å²) >= 11 is 0. The minimum Gasteiger partial charge on any atom is -0.494 e. The molecular weight excluding hydrogens is 454 g/mol. The smallest absolute Gasteiger partial charge is 0.245 e. The predicted molar refractivity (Wildman–Crippen MR) is 125 cm³/mol. The second-order valence-corrected chi connectivity index (χ2v) is 10.7. The molecule has 1 N–H and O–H groups in total. The predicted octanol–water partition coefficient (Wildman–Crippen LogP) is 2.52. The van der Waals surface area contributed by atoms with Crippen molar-refractivity contribution in [3.05, 3.63) is 48.5 Å². The highest BCUT2D eigenvalue weighted by Crippen LogP contribution is 2.22. The summed E-state index contributed by atoms with van der Waals surface area (Å²) in [6.07, 6.45) is 1.02. The SMILES string of the molecule is CCOc1ccc(N(CC(=O)Nc2ccc(S(=O)(=O)N(CC)CC)cc2)S(C)(=O)=O)cc1. The monoisotopic (exact) mass is 483 g/mol. The lowest BCUT2D eigenvalue weighted by Gasteiger charge is -2.22. The van der Waals surface area contributed by atoms with Crippen molar-refractivity contribution in [1.29, 1.82) is 0 Å². The summed E-state index contributed by atoms with van der Waals surface area (Å²) in [5.74, 6) is 0.0255. The molecule has 0 bridgehead atoms. The van der Waals surface area contributed by atoms with E-state index in [4.69, 9.17) is 4.74 Å². The van der Waals surface area contributed by atoms with Crippen LogP contribution >= 0.6 is 0 Å². The molecule has 0 aliphatic heterocycles. The van der Waals surface area contributed by atoms with Crippen molar-refractivity contribution in [2.75, 3.05) is 42.1 Å². The average Bonchev–Trinajstić information content (AvgIpc) is 2.73. The zero-order chi connectivity index (χ0) is 23.9. The maximum absolute atomic E-state index is 12.6. The molecule has 1 amide bonds. The van der Waals surface area contributed by atoms with Crippen LogP contribution in [0.5, 0.6) is 5.75 Å². The van der Waals surface area contributed by atoms with Gasteiger partial charge in [0.2, 0.25) is 26.0 Å². The number of anilines is 2. The number of hydrogen-bond donors (Lipinski definition) is 1. The van der Waals surface area contributed by atoms with Crippen LogP contribution in [0.2, 0.25) is 0 Å². The van der Waals surface area contributed by atoms with Gasteiger partial charge in [0.25, 0.3) is 0 Å². The Hall–Kier alpha value is -2.63. The molecule has 176 valence electrons. The first-order chi connectivity index (χ1) is 15.0. The van der Waals surface area contributed by atoms with E-state index < -0.39 is 32.5 Å². The van der Waals surface area contributed by atoms with Crippen molar-refractivity contribution in [1.82, 2.24) is 4.31 Å². The Morgan fingerprint density at radius 3 is 1.94 bits per heavy atom. The largest absolute Gasteiger partial charge is 0.494 e. The lowest BCUT2D eigenvalue weighted by Crippen LogP contribution is -2.37. The van der Waals surface area contributed by atoms with Crippen LogP contribution in [0.15, 0.2) is 53.4 Å². The zero-order valence-electron chi connectivity index (χ0n) is 18.6. The van der Waals surface area contributed by atoms with Gasteiger partial charge in [-0.2, -0.15) is 4.31 Å². The molecule has 2 aromatic rings. The summed E-state index contributed by atoms with van der Waals surface area (Å²) in [5.41, 5.74) is 0.681. The molecule has 0 aliphatic rings. The number of carbonyl (C=O) groups excluding carboxylic acids is 1. The standard InChI is InChI=1S/C21H29N3O6S2/c1-5-23(6-2)32(28,29)20-14-8-17(9-15-20)22-21(25)16-24(31(4,26)27)18-10-12-19(13-11-18)30-7-3/h8-15H,5-7,16H2,1-4H3,(H,22,25). The van der Waals surface area contributed by atoms with Crippen LogP contribution in [0.1, 0.15) is 20.8 Å². The lowest BCUT2D eigenvalue weighted by atomic mass is 10.3. The van der Waals surface area contributed by atoms with Crippen LogP contribution in [0, 0.1) is 0 Å². The molecule has 2 aromatic carbocycles. The molecule has 11 heteroatoms. The van der Waals surface area contributed by atoms with E-state index in [1.165, 1.54) is 28.6 Å². The van der Waals surface area contributed by atoms with Gasteiger partial charge in [-0.05, 0) is 55.5 Å². The first-order valence-corrected chi connectivity index (χ1v) is 13.4. The molecule has 0 spiro atoms. The van der Waals surface area contributed by atoms with Crippen molar-refractivity contribution in [3.8, 4) is 5.75 Å². The van der Waals surface area contributed by atoms with Crippen LogP contribution in [-0.2, 0) is 24.8 Å². The van der Waals surface area contributed by atoms with Gasteiger partial charge in [0.05, 0.1) is 23.4 Å². The summed E-state index contributed by atoms with van der Waals surface area (Å²) in [7, 11) is -7.33. The van der Waals surface area contributed by atoms with Gasteiger partial charge in [-0.1, -0.05) is 13.8 Å². The molecule has 0 atom stereocenters. The maximum Gasteiger partial charge on any atom is 0.245 e. The second-order valence-electron chi connectivity index (χ2n) is 6.86. The third kappa shape index (κ3) is 6.44. The number of ether oxygens (including phenoxy) is 1. The summed E-state index contributed by atoms with van der Waals surface area (Å²) in [4.78, 5) is 12.6. The molecule has 0 aliphatic carbocycles. The highest BCUT2D eigenvalue weighted by molar-refractivity contribution is 7.92. The molecule has 0 fully saturated rings. The third-order valence-corrected chi connectivity index (χ3v) is 7.81. The van der Waals surface area contributed by atoms with Crippen LogP contribution in [0.25, 0.3) is 0 Å². The van der Waals surface area contributed by atoms with Gasteiger partial charge in [-0.15, -0.1) is 0 Å². The number of sulfonamides is 2. The Morgan fingerprint density at radius 2 is 1.47 bits per heavy atom. The van der Waals surface area contributed by atoms with Crippen molar-refractivity contribution in [2.45, 2.75) is 25.7 Å². The number of nitrogens with one attached hydrogen (secondary N) is 1. The number of nitrogens with zero attached hydrogens (tertiary/aromatic N) is 2. The summed E-state index contributed by atoms with van der Waals surface area (Å²) in [6, 6.07) is 12.1. The van der Waals surface area contributed by atoms with Gasteiger partial charge in [0, 0.05) is 18.8 Å². The van der Waals surface area contributed by atoms with Crippen LogP contribution in [0.3, 0.4) is 0 Å². The van der Waals surface area contributed by atoms with E-state index in [0.717, 1.165) is 10.6 Å². The molecule has 0 heterocycles. The molecule has 32 heavy (non-hydrogen) atoms. The highest BCUT2D eigenvalue weighted by Gasteiger charge is 2.23. The van der Waals surface area contributed by atoms with Crippen molar-refractivity contribution in [3.63, 3.8) is 0 Å².